The predicted molar refractivity (Wildman–Crippen MR) is 75.0 cm³/mol. The third kappa shape index (κ3) is 3.68. The maximum Gasteiger partial charge on any atom is 0.254 e. The molecule has 0 aliphatic rings. The molecule has 0 bridgehead atoms. The van der Waals surface area contributed by atoms with E-state index < -0.39 is 0 Å². The molecule has 100 valence electrons. The summed E-state index contributed by atoms with van der Waals surface area (Å²) in [6.07, 6.45) is 4.31. The molecule has 2 aromatic rings. The molecular formula is C15H19N3O. The van der Waals surface area contributed by atoms with Gasteiger partial charge in [0.15, 0.2) is 0 Å². The zero-order valence-corrected chi connectivity index (χ0v) is 11.3. The molecule has 0 aliphatic carbocycles. The van der Waals surface area contributed by atoms with Gasteiger partial charge >= 0.3 is 0 Å². The summed E-state index contributed by atoms with van der Waals surface area (Å²) >= 11 is 0. The molecule has 1 heterocycles. The number of benzene rings is 1. The highest BCUT2D eigenvalue weighted by Crippen LogP contribution is 2.04. The van der Waals surface area contributed by atoms with Gasteiger partial charge in [0.05, 0.1) is 18.3 Å². The molecule has 4 nitrogen and oxygen atoms in total. The monoisotopic (exact) mass is 257 g/mol. The van der Waals surface area contributed by atoms with Crippen LogP contribution in [0.2, 0.25) is 0 Å². The molecular weight excluding hydrogens is 238 g/mol. The molecule has 0 spiro atoms. The Kier molecular flexibility index (Phi) is 4.34. The smallest absolute Gasteiger partial charge is 0.254 e. The lowest BCUT2D eigenvalue weighted by Crippen LogP contribution is -2.31. The second-order valence-corrected chi connectivity index (χ2v) is 4.69. The van der Waals surface area contributed by atoms with Crippen LogP contribution in [-0.4, -0.2) is 21.7 Å². The summed E-state index contributed by atoms with van der Waals surface area (Å²) in [5.74, 6) is -0.0614. The normalized spacial score (nSPS) is 12.1. The first kappa shape index (κ1) is 13.3. The lowest BCUT2D eigenvalue weighted by atomic mass is 10.2. The number of nitrogens with zero attached hydrogens (tertiary/aromatic N) is 2. The molecule has 0 saturated heterocycles. The highest BCUT2D eigenvalue weighted by Gasteiger charge is 2.10. The number of hydrogen-bond donors (Lipinski definition) is 1. The van der Waals surface area contributed by atoms with Gasteiger partial charge < -0.3 is 5.32 Å². The van der Waals surface area contributed by atoms with Gasteiger partial charge in [0.2, 0.25) is 0 Å². The van der Waals surface area contributed by atoms with Crippen molar-refractivity contribution >= 4 is 5.91 Å². The molecule has 1 amide bonds. The van der Waals surface area contributed by atoms with E-state index in [2.05, 4.69) is 10.4 Å². The highest BCUT2D eigenvalue weighted by molar-refractivity contribution is 5.93. The fraction of sp³-hybridized carbons (Fsp3) is 0.333. The van der Waals surface area contributed by atoms with Crippen LogP contribution in [0, 0.1) is 0 Å². The van der Waals surface area contributed by atoms with E-state index in [9.17, 15) is 4.79 Å². The van der Waals surface area contributed by atoms with Crippen molar-refractivity contribution in [2.45, 2.75) is 32.9 Å². The van der Waals surface area contributed by atoms with Crippen molar-refractivity contribution in [1.82, 2.24) is 15.1 Å². The van der Waals surface area contributed by atoms with Gasteiger partial charge in [-0.25, -0.2) is 0 Å². The highest BCUT2D eigenvalue weighted by atomic mass is 16.1. The molecule has 19 heavy (non-hydrogen) atoms. The predicted octanol–water partition coefficient (Wildman–Crippen LogP) is 2.46. The molecule has 1 aromatic carbocycles. The van der Waals surface area contributed by atoms with Crippen LogP contribution in [0.25, 0.3) is 0 Å². The maximum absolute atomic E-state index is 11.9. The fourth-order valence-electron chi connectivity index (χ4n) is 1.75. The van der Waals surface area contributed by atoms with E-state index >= 15 is 0 Å². The van der Waals surface area contributed by atoms with Gasteiger partial charge in [0.1, 0.15) is 0 Å². The number of hydrogen-bond acceptors (Lipinski definition) is 2. The first-order valence-electron chi connectivity index (χ1n) is 6.56. The van der Waals surface area contributed by atoms with Crippen LogP contribution >= 0.6 is 0 Å². The van der Waals surface area contributed by atoms with Crippen LogP contribution in [0.5, 0.6) is 0 Å². The Morgan fingerprint density at radius 1 is 1.37 bits per heavy atom. The first-order chi connectivity index (χ1) is 9.19. The summed E-state index contributed by atoms with van der Waals surface area (Å²) in [7, 11) is 0. The number of amides is 1. The molecule has 0 unspecified atom stereocenters. The number of aromatic nitrogens is 2. The van der Waals surface area contributed by atoms with Gasteiger partial charge in [0, 0.05) is 12.2 Å². The van der Waals surface area contributed by atoms with Gasteiger partial charge in [-0.05, 0) is 18.9 Å². The summed E-state index contributed by atoms with van der Waals surface area (Å²) in [5, 5.41) is 7.15. The van der Waals surface area contributed by atoms with Gasteiger partial charge in [-0.15, -0.1) is 0 Å². The number of carbonyl (C=O) groups is 1. The quantitative estimate of drug-likeness (QED) is 0.894. The average molecular weight is 257 g/mol. The molecule has 1 aromatic heterocycles. The van der Waals surface area contributed by atoms with Gasteiger partial charge in [0.25, 0.3) is 5.91 Å². The Hall–Kier alpha value is -2.10. The van der Waals surface area contributed by atoms with E-state index in [1.807, 2.05) is 44.2 Å². The van der Waals surface area contributed by atoms with Crippen LogP contribution in [0.3, 0.4) is 0 Å². The van der Waals surface area contributed by atoms with Crippen LogP contribution in [-0.2, 0) is 6.54 Å². The zero-order chi connectivity index (χ0) is 13.7. The van der Waals surface area contributed by atoms with Gasteiger partial charge in [-0.2, -0.15) is 5.10 Å². The summed E-state index contributed by atoms with van der Waals surface area (Å²) < 4.78 is 1.78. The summed E-state index contributed by atoms with van der Waals surface area (Å²) in [6.45, 7) is 4.72. The van der Waals surface area contributed by atoms with E-state index in [1.54, 1.807) is 17.1 Å². The molecule has 0 aliphatic heterocycles. The molecule has 0 saturated carbocycles. The van der Waals surface area contributed by atoms with Crippen molar-refractivity contribution < 1.29 is 4.79 Å². The van der Waals surface area contributed by atoms with Crippen molar-refractivity contribution in [3.63, 3.8) is 0 Å². The molecule has 4 heteroatoms. The van der Waals surface area contributed by atoms with Crippen LogP contribution in [0.15, 0.2) is 42.7 Å². The molecule has 1 N–H and O–H groups in total. The molecule has 1 atom stereocenters. The van der Waals surface area contributed by atoms with E-state index in [0.29, 0.717) is 12.1 Å². The summed E-state index contributed by atoms with van der Waals surface area (Å²) in [4.78, 5) is 11.9. The molecule has 0 fully saturated rings. The van der Waals surface area contributed by atoms with Crippen molar-refractivity contribution in [1.29, 1.82) is 0 Å². The molecule has 0 radical (unpaired) electrons. The van der Waals surface area contributed by atoms with E-state index in [1.165, 1.54) is 5.56 Å². The zero-order valence-electron chi connectivity index (χ0n) is 11.3. The van der Waals surface area contributed by atoms with Crippen LogP contribution in [0.1, 0.15) is 36.2 Å². The van der Waals surface area contributed by atoms with Crippen LogP contribution in [0.4, 0.5) is 0 Å². The Labute approximate surface area is 113 Å². The second-order valence-electron chi connectivity index (χ2n) is 4.69. The van der Waals surface area contributed by atoms with E-state index in [4.69, 9.17) is 0 Å². The number of rotatable bonds is 5. The Bertz CT molecular complexity index is 533. The fourth-order valence-corrected chi connectivity index (χ4v) is 1.75. The van der Waals surface area contributed by atoms with Gasteiger partial charge in [-0.1, -0.05) is 37.3 Å². The first-order valence-corrected chi connectivity index (χ1v) is 6.56. The van der Waals surface area contributed by atoms with Crippen molar-refractivity contribution in [2.24, 2.45) is 0 Å². The SMILES string of the molecule is CC[C@@H](C)NC(=O)c1cnn(Cc2ccccc2)c1. The largest absolute Gasteiger partial charge is 0.350 e. The van der Waals surface area contributed by atoms with E-state index in [0.717, 1.165) is 6.42 Å². The third-order valence-corrected chi connectivity index (χ3v) is 3.07. The van der Waals surface area contributed by atoms with Gasteiger partial charge in [-0.3, -0.25) is 9.48 Å². The third-order valence-electron chi connectivity index (χ3n) is 3.07. The summed E-state index contributed by atoms with van der Waals surface area (Å²) in [6, 6.07) is 10.2. The minimum Gasteiger partial charge on any atom is -0.350 e. The van der Waals surface area contributed by atoms with Crippen molar-refractivity contribution in [3.05, 3.63) is 53.9 Å². The van der Waals surface area contributed by atoms with Crippen LogP contribution < -0.4 is 5.32 Å². The minimum absolute atomic E-state index is 0.0614. The second kappa shape index (κ2) is 6.18. The molecule has 2 rings (SSSR count). The van der Waals surface area contributed by atoms with E-state index in [-0.39, 0.29) is 11.9 Å². The number of nitrogens with one attached hydrogen (secondary N) is 1. The van der Waals surface area contributed by atoms with Crippen molar-refractivity contribution in [2.75, 3.05) is 0 Å². The lowest BCUT2D eigenvalue weighted by molar-refractivity contribution is 0.0939. The summed E-state index contributed by atoms with van der Waals surface area (Å²) in [5.41, 5.74) is 1.77. The average Bonchev–Trinajstić information content (AvgIpc) is 2.88. The Morgan fingerprint density at radius 2 is 2.11 bits per heavy atom. The standard InChI is InChI=1S/C15H19N3O/c1-3-12(2)17-15(19)14-9-16-18(11-14)10-13-7-5-4-6-8-13/h4-9,11-12H,3,10H2,1-2H3,(H,17,19)/t12-/m1/s1. The number of carbonyl (C=O) groups excluding carboxylic acids is 1. The Morgan fingerprint density at radius 3 is 2.79 bits per heavy atom. The lowest BCUT2D eigenvalue weighted by Gasteiger charge is -2.09. The minimum atomic E-state index is -0.0614. The maximum atomic E-state index is 11.9. The Balaban J connectivity index is 2.01. The topological polar surface area (TPSA) is 46.9 Å². The van der Waals surface area contributed by atoms with Crippen molar-refractivity contribution in [3.8, 4) is 0 Å².